The van der Waals surface area contributed by atoms with Crippen LogP contribution in [0.3, 0.4) is 0 Å². The molecule has 0 saturated carbocycles. The molecule has 3 aromatic heterocycles. The molecule has 1 aromatic carbocycles. The van der Waals surface area contributed by atoms with Gasteiger partial charge in [-0.15, -0.1) is 0 Å². The lowest BCUT2D eigenvalue weighted by molar-refractivity contribution is 1.14. The van der Waals surface area contributed by atoms with Crippen LogP contribution in [0, 0.1) is 0 Å². The van der Waals surface area contributed by atoms with E-state index in [0.717, 1.165) is 22.2 Å². The molecule has 0 bridgehead atoms. The Morgan fingerprint density at radius 2 is 2.00 bits per heavy atom. The molecule has 0 atom stereocenters. The van der Waals surface area contributed by atoms with E-state index in [2.05, 4.69) is 20.3 Å². The molecule has 6 heteroatoms. The van der Waals surface area contributed by atoms with E-state index in [1.165, 1.54) is 0 Å². The van der Waals surface area contributed by atoms with Gasteiger partial charge in [0.25, 0.3) is 0 Å². The molecular formula is C15H12N6. The fourth-order valence-corrected chi connectivity index (χ4v) is 2.37. The number of pyridine rings is 1. The van der Waals surface area contributed by atoms with Gasteiger partial charge in [0.05, 0.1) is 11.7 Å². The van der Waals surface area contributed by atoms with Gasteiger partial charge in [0.15, 0.2) is 11.5 Å². The summed E-state index contributed by atoms with van der Waals surface area (Å²) in [6.45, 7) is 0. The Morgan fingerprint density at radius 3 is 2.95 bits per heavy atom. The fraction of sp³-hybridized carbons (Fsp3) is 0. The normalized spacial score (nSPS) is 11.0. The SMILES string of the molecule is Nc1cn2ccnc2c(Nc2cccc3ncccc23)n1. The van der Waals surface area contributed by atoms with Crippen molar-refractivity contribution in [2.45, 2.75) is 0 Å². The molecule has 102 valence electrons. The minimum Gasteiger partial charge on any atom is -0.382 e. The first-order valence-corrected chi connectivity index (χ1v) is 6.51. The summed E-state index contributed by atoms with van der Waals surface area (Å²) in [6.07, 6.45) is 7.06. The minimum absolute atomic E-state index is 0.432. The summed E-state index contributed by atoms with van der Waals surface area (Å²) in [6, 6.07) is 9.82. The van der Waals surface area contributed by atoms with Crippen molar-refractivity contribution in [1.82, 2.24) is 19.4 Å². The van der Waals surface area contributed by atoms with E-state index in [0.29, 0.717) is 11.6 Å². The molecule has 0 radical (unpaired) electrons. The van der Waals surface area contributed by atoms with Crippen molar-refractivity contribution in [2.75, 3.05) is 11.1 Å². The van der Waals surface area contributed by atoms with Gasteiger partial charge >= 0.3 is 0 Å². The summed E-state index contributed by atoms with van der Waals surface area (Å²) < 4.78 is 1.84. The van der Waals surface area contributed by atoms with Crippen LogP contribution in [0.25, 0.3) is 16.6 Å². The average molecular weight is 276 g/mol. The van der Waals surface area contributed by atoms with Gasteiger partial charge in [-0.2, -0.15) is 0 Å². The quantitative estimate of drug-likeness (QED) is 0.588. The predicted octanol–water partition coefficient (Wildman–Crippen LogP) is 2.60. The number of fused-ring (bicyclic) bond motifs is 2. The van der Waals surface area contributed by atoms with Gasteiger partial charge in [-0.3, -0.25) is 4.98 Å². The van der Waals surface area contributed by atoms with E-state index >= 15 is 0 Å². The van der Waals surface area contributed by atoms with Gasteiger partial charge in [0.1, 0.15) is 5.82 Å². The van der Waals surface area contributed by atoms with Crippen LogP contribution in [0.2, 0.25) is 0 Å². The molecule has 0 aliphatic rings. The molecule has 0 aliphatic carbocycles. The van der Waals surface area contributed by atoms with E-state index in [9.17, 15) is 0 Å². The molecule has 0 spiro atoms. The summed E-state index contributed by atoms with van der Waals surface area (Å²) in [5.41, 5.74) is 8.41. The molecule has 3 N–H and O–H groups in total. The molecule has 0 fully saturated rings. The molecule has 4 rings (SSSR count). The van der Waals surface area contributed by atoms with Gasteiger partial charge in [0.2, 0.25) is 0 Å². The van der Waals surface area contributed by atoms with Gasteiger partial charge in [-0.25, -0.2) is 9.97 Å². The number of imidazole rings is 1. The standard InChI is InChI=1S/C15H12N6/c16-13-9-21-8-7-18-15(21)14(20-13)19-12-5-1-4-11-10(12)3-2-6-17-11/h1-9H,16H2,(H,19,20). The van der Waals surface area contributed by atoms with Gasteiger partial charge in [-0.1, -0.05) is 6.07 Å². The Kier molecular flexibility index (Phi) is 2.47. The van der Waals surface area contributed by atoms with Crippen LogP contribution in [-0.4, -0.2) is 19.4 Å². The zero-order valence-electron chi connectivity index (χ0n) is 11.1. The Hall–Kier alpha value is -3.15. The third kappa shape index (κ3) is 1.93. The van der Waals surface area contributed by atoms with Gasteiger partial charge < -0.3 is 15.5 Å². The van der Waals surface area contributed by atoms with E-state index in [1.807, 2.05) is 40.9 Å². The number of hydrogen-bond donors (Lipinski definition) is 2. The second-order valence-electron chi connectivity index (χ2n) is 4.67. The molecule has 0 unspecified atom stereocenters. The lowest BCUT2D eigenvalue weighted by Crippen LogP contribution is -2.02. The van der Waals surface area contributed by atoms with Crippen LogP contribution in [0.4, 0.5) is 17.3 Å². The van der Waals surface area contributed by atoms with E-state index < -0.39 is 0 Å². The molecule has 6 nitrogen and oxygen atoms in total. The molecular weight excluding hydrogens is 264 g/mol. The monoisotopic (exact) mass is 276 g/mol. The number of nitrogen functional groups attached to an aromatic ring is 1. The molecule has 21 heavy (non-hydrogen) atoms. The van der Waals surface area contributed by atoms with Crippen LogP contribution in [-0.2, 0) is 0 Å². The number of nitrogens with zero attached hydrogens (tertiary/aromatic N) is 4. The number of aromatic nitrogens is 4. The smallest absolute Gasteiger partial charge is 0.180 e. The number of rotatable bonds is 2. The number of nitrogens with two attached hydrogens (primary N) is 1. The highest BCUT2D eigenvalue weighted by molar-refractivity contribution is 5.93. The largest absolute Gasteiger partial charge is 0.382 e. The van der Waals surface area contributed by atoms with E-state index in [1.54, 1.807) is 18.6 Å². The van der Waals surface area contributed by atoms with Crippen LogP contribution in [0.1, 0.15) is 0 Å². The fourth-order valence-electron chi connectivity index (χ4n) is 2.37. The summed E-state index contributed by atoms with van der Waals surface area (Å²) in [5.74, 6) is 1.05. The maximum Gasteiger partial charge on any atom is 0.180 e. The lowest BCUT2D eigenvalue weighted by Gasteiger charge is -2.10. The van der Waals surface area contributed by atoms with E-state index in [4.69, 9.17) is 5.73 Å². The summed E-state index contributed by atoms with van der Waals surface area (Å²) >= 11 is 0. The molecule has 0 aliphatic heterocycles. The molecule has 3 heterocycles. The van der Waals surface area contributed by atoms with Crippen LogP contribution < -0.4 is 11.1 Å². The Labute approximate surface area is 120 Å². The second-order valence-corrected chi connectivity index (χ2v) is 4.67. The van der Waals surface area contributed by atoms with Crippen molar-refractivity contribution in [3.63, 3.8) is 0 Å². The Morgan fingerprint density at radius 1 is 1.05 bits per heavy atom. The first-order chi connectivity index (χ1) is 10.3. The number of benzene rings is 1. The lowest BCUT2D eigenvalue weighted by atomic mass is 10.2. The minimum atomic E-state index is 0.432. The molecule has 0 amide bonds. The highest BCUT2D eigenvalue weighted by Crippen LogP contribution is 2.26. The first kappa shape index (κ1) is 11.7. The highest BCUT2D eigenvalue weighted by atomic mass is 15.1. The third-order valence-corrected chi connectivity index (χ3v) is 3.29. The van der Waals surface area contributed by atoms with Crippen molar-refractivity contribution in [1.29, 1.82) is 0 Å². The zero-order valence-corrected chi connectivity index (χ0v) is 11.1. The number of hydrogen-bond acceptors (Lipinski definition) is 5. The van der Waals surface area contributed by atoms with Crippen molar-refractivity contribution >= 4 is 33.9 Å². The number of anilines is 3. The van der Waals surface area contributed by atoms with Gasteiger partial charge in [-0.05, 0) is 24.3 Å². The predicted molar refractivity (Wildman–Crippen MR) is 82.4 cm³/mol. The molecule has 0 saturated heterocycles. The highest BCUT2D eigenvalue weighted by Gasteiger charge is 2.08. The summed E-state index contributed by atoms with van der Waals surface area (Å²) in [4.78, 5) is 13.0. The average Bonchev–Trinajstić information content (AvgIpc) is 2.96. The van der Waals surface area contributed by atoms with Crippen LogP contribution in [0.5, 0.6) is 0 Å². The van der Waals surface area contributed by atoms with Crippen molar-refractivity contribution < 1.29 is 0 Å². The van der Waals surface area contributed by atoms with Crippen molar-refractivity contribution in [3.8, 4) is 0 Å². The van der Waals surface area contributed by atoms with Crippen molar-refractivity contribution in [2.24, 2.45) is 0 Å². The zero-order chi connectivity index (χ0) is 14.2. The third-order valence-electron chi connectivity index (χ3n) is 3.29. The van der Waals surface area contributed by atoms with Crippen LogP contribution >= 0.6 is 0 Å². The topological polar surface area (TPSA) is 81.1 Å². The molecule has 4 aromatic rings. The summed E-state index contributed by atoms with van der Waals surface area (Å²) in [5, 5.41) is 4.32. The van der Waals surface area contributed by atoms with Gasteiger partial charge in [0, 0.05) is 29.7 Å². The van der Waals surface area contributed by atoms with E-state index in [-0.39, 0.29) is 0 Å². The first-order valence-electron chi connectivity index (χ1n) is 6.51. The van der Waals surface area contributed by atoms with Crippen molar-refractivity contribution in [3.05, 3.63) is 55.1 Å². The second kappa shape index (κ2) is 4.45. The Balaban J connectivity index is 1.89. The summed E-state index contributed by atoms with van der Waals surface area (Å²) in [7, 11) is 0. The van der Waals surface area contributed by atoms with Crippen LogP contribution in [0.15, 0.2) is 55.1 Å². The Bertz CT molecular complexity index is 938. The maximum atomic E-state index is 5.84. The maximum absolute atomic E-state index is 5.84. The number of nitrogens with one attached hydrogen (secondary N) is 1.